The number of methoxy groups -OCH3 is 2. The highest BCUT2D eigenvalue weighted by Crippen LogP contribution is 2.40. The third kappa shape index (κ3) is 4.48. The molecule has 0 aliphatic carbocycles. The molecule has 8 heteroatoms. The van der Waals surface area contributed by atoms with E-state index in [-0.39, 0.29) is 0 Å². The second-order valence-corrected chi connectivity index (χ2v) is 8.07. The standard InChI is InChI=1S/C18H23BrN2O4S/c1-9-13(16(22)25-18(2,3)4)14(21-17(26)20-9)10-7-11(19)15(24-6)12(8-10)23-5/h7-8,14H,1-6H3,(H2,20,21,26)/t14-/m0/s1. The van der Waals surface area contributed by atoms with Crippen LogP contribution in [0.1, 0.15) is 39.3 Å². The lowest BCUT2D eigenvalue weighted by molar-refractivity contribution is -0.150. The Hall–Kier alpha value is -1.80. The van der Waals surface area contributed by atoms with E-state index < -0.39 is 17.6 Å². The van der Waals surface area contributed by atoms with E-state index in [4.69, 9.17) is 26.4 Å². The van der Waals surface area contributed by atoms with Crippen molar-refractivity contribution in [1.29, 1.82) is 0 Å². The van der Waals surface area contributed by atoms with Gasteiger partial charge in [0.2, 0.25) is 0 Å². The average molecular weight is 443 g/mol. The predicted molar refractivity (Wildman–Crippen MR) is 107 cm³/mol. The molecule has 6 nitrogen and oxygen atoms in total. The van der Waals surface area contributed by atoms with Crippen molar-refractivity contribution >= 4 is 39.2 Å². The summed E-state index contributed by atoms with van der Waals surface area (Å²) in [4.78, 5) is 12.8. The molecule has 142 valence electrons. The van der Waals surface area contributed by atoms with E-state index in [1.807, 2.05) is 32.9 Å². The van der Waals surface area contributed by atoms with E-state index in [2.05, 4.69) is 26.6 Å². The summed E-state index contributed by atoms with van der Waals surface area (Å²) in [6, 6.07) is 3.20. The molecule has 0 amide bonds. The van der Waals surface area contributed by atoms with Gasteiger partial charge in [-0.25, -0.2) is 4.79 Å². The smallest absolute Gasteiger partial charge is 0.338 e. The molecular formula is C18H23BrN2O4S. The first kappa shape index (κ1) is 20.5. The summed E-state index contributed by atoms with van der Waals surface area (Å²) >= 11 is 8.76. The molecular weight excluding hydrogens is 420 g/mol. The van der Waals surface area contributed by atoms with Crippen LogP contribution in [0.5, 0.6) is 11.5 Å². The van der Waals surface area contributed by atoms with Crippen molar-refractivity contribution in [3.63, 3.8) is 0 Å². The second-order valence-electron chi connectivity index (χ2n) is 6.81. The quantitative estimate of drug-likeness (QED) is 0.545. The van der Waals surface area contributed by atoms with Crippen molar-refractivity contribution < 1.29 is 19.0 Å². The number of allylic oxidation sites excluding steroid dienone is 1. The number of hydrogen-bond acceptors (Lipinski definition) is 5. The van der Waals surface area contributed by atoms with Crippen LogP contribution in [-0.2, 0) is 9.53 Å². The number of carbonyl (C=O) groups excluding carboxylic acids is 1. The highest BCUT2D eigenvalue weighted by molar-refractivity contribution is 9.10. The molecule has 1 atom stereocenters. The van der Waals surface area contributed by atoms with Gasteiger partial charge in [0.15, 0.2) is 16.6 Å². The molecule has 1 aliphatic heterocycles. The lowest BCUT2D eigenvalue weighted by Gasteiger charge is -2.32. The van der Waals surface area contributed by atoms with E-state index in [9.17, 15) is 4.79 Å². The molecule has 0 radical (unpaired) electrons. The summed E-state index contributed by atoms with van der Waals surface area (Å²) in [5, 5.41) is 6.57. The molecule has 0 bridgehead atoms. The first-order valence-corrected chi connectivity index (χ1v) is 9.20. The second kappa shape index (κ2) is 7.84. The molecule has 2 N–H and O–H groups in total. The maximum Gasteiger partial charge on any atom is 0.338 e. The fraction of sp³-hybridized carbons (Fsp3) is 0.444. The van der Waals surface area contributed by atoms with Crippen LogP contribution in [0.3, 0.4) is 0 Å². The lowest BCUT2D eigenvalue weighted by Crippen LogP contribution is -2.45. The summed E-state index contributed by atoms with van der Waals surface area (Å²) in [6.45, 7) is 7.29. The van der Waals surface area contributed by atoms with E-state index in [0.29, 0.717) is 32.4 Å². The van der Waals surface area contributed by atoms with Crippen molar-refractivity contribution in [3.05, 3.63) is 33.4 Å². The number of halogens is 1. The average Bonchev–Trinajstić information content (AvgIpc) is 2.51. The molecule has 0 aromatic heterocycles. The van der Waals surface area contributed by atoms with Crippen LogP contribution < -0.4 is 20.1 Å². The van der Waals surface area contributed by atoms with Gasteiger partial charge in [-0.3, -0.25) is 0 Å². The number of benzene rings is 1. The molecule has 0 fully saturated rings. The van der Waals surface area contributed by atoms with Crippen LogP contribution in [0.4, 0.5) is 0 Å². The van der Waals surface area contributed by atoms with Crippen molar-refractivity contribution in [3.8, 4) is 11.5 Å². The fourth-order valence-corrected chi connectivity index (χ4v) is 3.54. The molecule has 0 saturated heterocycles. The third-order valence-corrected chi connectivity index (χ3v) is 4.49. The zero-order valence-corrected chi connectivity index (χ0v) is 18.1. The molecule has 1 aromatic rings. The summed E-state index contributed by atoms with van der Waals surface area (Å²) < 4.78 is 17.1. The summed E-state index contributed by atoms with van der Waals surface area (Å²) in [6.07, 6.45) is 0. The Balaban J connectivity index is 2.54. The van der Waals surface area contributed by atoms with E-state index in [1.54, 1.807) is 21.1 Å². The predicted octanol–water partition coefficient (Wildman–Crippen LogP) is 3.60. The Labute approximate surface area is 167 Å². The first-order chi connectivity index (χ1) is 12.1. The van der Waals surface area contributed by atoms with E-state index in [0.717, 1.165) is 5.56 Å². The topological polar surface area (TPSA) is 68.8 Å². The monoisotopic (exact) mass is 442 g/mol. The van der Waals surface area contributed by atoms with Crippen LogP contribution in [-0.4, -0.2) is 30.9 Å². The number of rotatable bonds is 4. The largest absolute Gasteiger partial charge is 0.493 e. The van der Waals surface area contributed by atoms with Crippen LogP contribution in [0.15, 0.2) is 27.9 Å². The van der Waals surface area contributed by atoms with E-state index >= 15 is 0 Å². The van der Waals surface area contributed by atoms with E-state index in [1.165, 1.54) is 0 Å². The van der Waals surface area contributed by atoms with Gasteiger partial charge in [0.1, 0.15) is 5.60 Å². The van der Waals surface area contributed by atoms with Gasteiger partial charge in [-0.1, -0.05) is 0 Å². The van der Waals surface area contributed by atoms with Crippen LogP contribution in [0.2, 0.25) is 0 Å². The maximum atomic E-state index is 12.8. The minimum absolute atomic E-state index is 0.409. The molecule has 1 aromatic carbocycles. The van der Waals surface area contributed by atoms with Gasteiger partial charge in [-0.2, -0.15) is 0 Å². The number of nitrogens with one attached hydrogen (secondary N) is 2. The SMILES string of the molecule is COc1cc([C@@H]2NC(=S)NC(C)=C2C(=O)OC(C)(C)C)cc(Br)c1OC. The van der Waals surface area contributed by atoms with Crippen molar-refractivity contribution in [2.24, 2.45) is 0 Å². The molecule has 0 unspecified atom stereocenters. The Morgan fingerprint density at radius 2 is 1.88 bits per heavy atom. The normalized spacial score (nSPS) is 17.3. The van der Waals surface area contributed by atoms with Gasteiger partial charge in [0.05, 0.1) is 30.3 Å². The highest BCUT2D eigenvalue weighted by Gasteiger charge is 2.33. The third-order valence-electron chi connectivity index (χ3n) is 3.68. The molecule has 1 aliphatic rings. The molecule has 1 heterocycles. The van der Waals surface area contributed by atoms with Crippen molar-refractivity contribution in [1.82, 2.24) is 10.6 Å². The zero-order valence-electron chi connectivity index (χ0n) is 15.7. The van der Waals surface area contributed by atoms with Gasteiger partial charge in [0, 0.05) is 5.70 Å². The van der Waals surface area contributed by atoms with Crippen LogP contribution in [0.25, 0.3) is 0 Å². The molecule has 26 heavy (non-hydrogen) atoms. The Morgan fingerprint density at radius 3 is 2.42 bits per heavy atom. The van der Waals surface area contributed by atoms with Gasteiger partial charge in [0.25, 0.3) is 0 Å². The zero-order chi connectivity index (χ0) is 19.6. The van der Waals surface area contributed by atoms with Crippen LogP contribution in [0, 0.1) is 0 Å². The number of esters is 1. The van der Waals surface area contributed by atoms with Gasteiger partial charge in [-0.15, -0.1) is 0 Å². The number of carbonyl (C=O) groups is 1. The molecule has 2 rings (SSSR count). The highest BCUT2D eigenvalue weighted by atomic mass is 79.9. The number of hydrogen-bond donors (Lipinski definition) is 2. The molecule has 0 spiro atoms. The first-order valence-electron chi connectivity index (χ1n) is 8.00. The molecule has 0 saturated carbocycles. The van der Waals surface area contributed by atoms with Gasteiger partial charge in [-0.05, 0) is 73.5 Å². The Morgan fingerprint density at radius 1 is 1.23 bits per heavy atom. The number of ether oxygens (including phenoxy) is 3. The summed E-state index contributed by atoms with van der Waals surface area (Å²) in [5.74, 6) is 0.713. The van der Waals surface area contributed by atoms with Crippen LogP contribution >= 0.6 is 28.1 Å². The fourth-order valence-electron chi connectivity index (χ4n) is 2.65. The minimum Gasteiger partial charge on any atom is -0.493 e. The Bertz CT molecular complexity index is 771. The Kier molecular flexibility index (Phi) is 6.18. The van der Waals surface area contributed by atoms with Gasteiger partial charge >= 0.3 is 5.97 Å². The lowest BCUT2D eigenvalue weighted by atomic mass is 9.95. The summed E-state index contributed by atoms with van der Waals surface area (Å²) in [7, 11) is 3.13. The minimum atomic E-state index is -0.606. The number of thiocarbonyl (C=S) groups is 1. The summed E-state index contributed by atoms with van der Waals surface area (Å²) in [5.41, 5.74) is 1.30. The van der Waals surface area contributed by atoms with Crippen molar-refractivity contribution in [2.45, 2.75) is 39.3 Å². The maximum absolute atomic E-state index is 12.8. The van der Waals surface area contributed by atoms with Gasteiger partial charge < -0.3 is 24.8 Å². The van der Waals surface area contributed by atoms with Crippen molar-refractivity contribution in [2.75, 3.05) is 14.2 Å².